The molecule has 0 aliphatic carbocycles. The Bertz CT molecular complexity index is 531. The van der Waals surface area contributed by atoms with Gasteiger partial charge in [0.25, 0.3) is 0 Å². The minimum absolute atomic E-state index is 0.504. The Morgan fingerprint density at radius 3 is 1.91 bits per heavy atom. The summed E-state index contributed by atoms with van der Waals surface area (Å²) in [5.74, 6) is -2.43. The van der Waals surface area contributed by atoms with Crippen molar-refractivity contribution in [3.05, 3.63) is 61.2 Å². The van der Waals surface area contributed by atoms with Crippen LogP contribution in [0.15, 0.2) is 55.6 Å². The third kappa shape index (κ3) is 2.82. The second-order valence-electron chi connectivity index (χ2n) is 5.00. The highest BCUT2D eigenvalue weighted by molar-refractivity contribution is 6.02. The number of carbonyl (C=O) groups excluding carboxylic acids is 2. The number of benzene rings is 1. The molecular weight excluding hydrogens is 280 g/mol. The summed E-state index contributed by atoms with van der Waals surface area (Å²) < 4.78 is 9.86. The quantitative estimate of drug-likeness (QED) is 0.441. The maximum absolute atomic E-state index is 12.6. The Labute approximate surface area is 131 Å². The highest BCUT2D eigenvalue weighted by atomic mass is 16.5. The lowest BCUT2D eigenvalue weighted by atomic mass is 9.64. The first-order chi connectivity index (χ1) is 10.5. The Hall–Kier alpha value is -2.36. The summed E-state index contributed by atoms with van der Waals surface area (Å²) >= 11 is 0. The molecule has 0 saturated heterocycles. The molecule has 0 spiro atoms. The third-order valence-electron chi connectivity index (χ3n) is 4.00. The first-order valence-electron chi connectivity index (χ1n) is 6.97. The van der Waals surface area contributed by atoms with E-state index in [-0.39, 0.29) is 0 Å². The van der Waals surface area contributed by atoms with Crippen LogP contribution in [0.4, 0.5) is 0 Å². The monoisotopic (exact) mass is 302 g/mol. The zero-order valence-electron chi connectivity index (χ0n) is 13.2. The second-order valence-corrected chi connectivity index (χ2v) is 5.00. The van der Waals surface area contributed by atoms with E-state index in [1.807, 2.05) is 30.3 Å². The largest absolute Gasteiger partial charge is 0.468 e. The van der Waals surface area contributed by atoms with Gasteiger partial charge in [-0.1, -0.05) is 49.4 Å². The molecule has 118 valence electrons. The van der Waals surface area contributed by atoms with Crippen LogP contribution in [0.5, 0.6) is 0 Å². The Kier molecular flexibility index (Phi) is 6.11. The number of allylic oxidation sites excluding steroid dienone is 2. The molecule has 4 heteroatoms. The van der Waals surface area contributed by atoms with Crippen molar-refractivity contribution < 1.29 is 19.1 Å². The molecule has 1 aromatic rings. The average molecular weight is 302 g/mol. The topological polar surface area (TPSA) is 52.6 Å². The summed E-state index contributed by atoms with van der Waals surface area (Å²) in [6, 6.07) is 9.21. The fourth-order valence-corrected chi connectivity index (χ4v) is 2.76. The molecule has 2 atom stereocenters. The van der Waals surface area contributed by atoms with Gasteiger partial charge in [0.15, 0.2) is 5.41 Å². The molecular formula is C18H22O4. The van der Waals surface area contributed by atoms with E-state index in [4.69, 9.17) is 9.47 Å². The zero-order valence-corrected chi connectivity index (χ0v) is 13.2. The van der Waals surface area contributed by atoms with E-state index in [1.54, 1.807) is 19.1 Å². The fraction of sp³-hybridized carbons (Fsp3) is 0.333. The number of hydrogen-bond acceptors (Lipinski definition) is 4. The molecule has 0 amide bonds. The first kappa shape index (κ1) is 17.7. The van der Waals surface area contributed by atoms with Gasteiger partial charge < -0.3 is 9.47 Å². The highest BCUT2D eigenvalue weighted by Gasteiger charge is 2.57. The van der Waals surface area contributed by atoms with Crippen LogP contribution in [0.25, 0.3) is 0 Å². The summed E-state index contributed by atoms with van der Waals surface area (Å²) in [5.41, 5.74) is -0.782. The molecule has 0 fully saturated rings. The first-order valence-corrected chi connectivity index (χ1v) is 6.97. The Morgan fingerprint density at radius 1 is 1.05 bits per heavy atom. The molecule has 0 N–H and O–H groups in total. The van der Waals surface area contributed by atoms with E-state index in [1.165, 1.54) is 14.2 Å². The van der Waals surface area contributed by atoms with Gasteiger partial charge in [0.1, 0.15) is 0 Å². The minimum Gasteiger partial charge on any atom is -0.468 e. The van der Waals surface area contributed by atoms with E-state index in [0.717, 1.165) is 5.56 Å². The smallest absolute Gasteiger partial charge is 0.324 e. The summed E-state index contributed by atoms with van der Waals surface area (Å²) in [6.07, 6.45) is 3.12. The molecule has 22 heavy (non-hydrogen) atoms. The van der Waals surface area contributed by atoms with Crippen LogP contribution in [0.3, 0.4) is 0 Å². The van der Waals surface area contributed by atoms with Gasteiger partial charge in [-0.3, -0.25) is 9.59 Å². The molecule has 0 unspecified atom stereocenters. The SMILES string of the molecule is C=C[C@@H](C)C(C(=O)OC)(C(=O)OC)[C@@H](C=C)c1ccccc1. The van der Waals surface area contributed by atoms with Crippen molar-refractivity contribution in [2.45, 2.75) is 12.8 Å². The lowest BCUT2D eigenvalue weighted by Gasteiger charge is -2.37. The van der Waals surface area contributed by atoms with Gasteiger partial charge in [0, 0.05) is 11.8 Å². The maximum Gasteiger partial charge on any atom is 0.324 e. The minimum atomic E-state index is -1.56. The average Bonchev–Trinajstić information content (AvgIpc) is 2.58. The van der Waals surface area contributed by atoms with Crippen LogP contribution in [0, 0.1) is 11.3 Å². The highest BCUT2D eigenvalue weighted by Crippen LogP contribution is 2.45. The predicted octanol–water partition coefficient (Wildman–Crippen LogP) is 3.11. The second kappa shape index (κ2) is 7.59. The van der Waals surface area contributed by atoms with Crippen LogP contribution in [-0.2, 0) is 19.1 Å². The summed E-state index contributed by atoms with van der Waals surface area (Å²) in [6.45, 7) is 9.26. The molecule has 0 radical (unpaired) electrons. The molecule has 0 saturated carbocycles. The van der Waals surface area contributed by atoms with Crippen molar-refractivity contribution >= 4 is 11.9 Å². The van der Waals surface area contributed by atoms with Crippen molar-refractivity contribution in [1.29, 1.82) is 0 Å². The van der Waals surface area contributed by atoms with Crippen molar-refractivity contribution in [2.75, 3.05) is 14.2 Å². The number of rotatable bonds is 7. The van der Waals surface area contributed by atoms with E-state index < -0.39 is 29.2 Å². The molecule has 1 aromatic carbocycles. The van der Waals surface area contributed by atoms with Gasteiger partial charge >= 0.3 is 11.9 Å². The summed E-state index contributed by atoms with van der Waals surface area (Å²) in [5, 5.41) is 0. The normalized spacial score (nSPS) is 13.6. The number of methoxy groups -OCH3 is 2. The number of carbonyl (C=O) groups is 2. The van der Waals surface area contributed by atoms with Crippen molar-refractivity contribution in [2.24, 2.45) is 11.3 Å². The van der Waals surface area contributed by atoms with E-state index in [9.17, 15) is 9.59 Å². The van der Waals surface area contributed by atoms with Crippen LogP contribution < -0.4 is 0 Å². The van der Waals surface area contributed by atoms with E-state index >= 15 is 0 Å². The lowest BCUT2D eigenvalue weighted by Crippen LogP contribution is -2.49. The van der Waals surface area contributed by atoms with Gasteiger partial charge in [-0.05, 0) is 5.56 Å². The van der Waals surface area contributed by atoms with E-state index in [2.05, 4.69) is 13.2 Å². The van der Waals surface area contributed by atoms with Gasteiger partial charge in [0.05, 0.1) is 14.2 Å². The van der Waals surface area contributed by atoms with Crippen LogP contribution >= 0.6 is 0 Å². The zero-order chi connectivity index (χ0) is 16.8. The Morgan fingerprint density at radius 2 is 1.55 bits per heavy atom. The Balaban J connectivity index is 3.65. The molecule has 0 bridgehead atoms. The third-order valence-corrected chi connectivity index (χ3v) is 4.00. The number of esters is 2. The fourth-order valence-electron chi connectivity index (χ4n) is 2.76. The standard InChI is InChI=1S/C18H22O4/c1-6-13(3)18(16(19)21-4,17(20)22-5)15(7-2)14-11-9-8-10-12-14/h6-13,15H,1-2H2,3-5H3/t13-,15+/m1/s1. The number of hydrogen-bond donors (Lipinski definition) is 0. The number of ether oxygens (including phenoxy) is 2. The van der Waals surface area contributed by atoms with Crippen LogP contribution in [-0.4, -0.2) is 26.2 Å². The molecule has 1 rings (SSSR count). The van der Waals surface area contributed by atoms with Crippen molar-refractivity contribution in [1.82, 2.24) is 0 Å². The molecule has 0 heterocycles. The van der Waals surface area contributed by atoms with E-state index in [0.29, 0.717) is 0 Å². The molecule has 0 aliphatic heterocycles. The molecule has 0 aromatic heterocycles. The van der Waals surface area contributed by atoms with Crippen molar-refractivity contribution in [3.63, 3.8) is 0 Å². The molecule has 4 nitrogen and oxygen atoms in total. The van der Waals surface area contributed by atoms with Gasteiger partial charge in [-0.15, -0.1) is 13.2 Å². The van der Waals surface area contributed by atoms with Gasteiger partial charge in [0.2, 0.25) is 0 Å². The summed E-state index contributed by atoms with van der Waals surface area (Å²) in [7, 11) is 2.50. The van der Waals surface area contributed by atoms with Crippen LogP contribution in [0.1, 0.15) is 18.4 Å². The van der Waals surface area contributed by atoms with Crippen LogP contribution in [0.2, 0.25) is 0 Å². The van der Waals surface area contributed by atoms with Gasteiger partial charge in [-0.25, -0.2) is 0 Å². The predicted molar refractivity (Wildman–Crippen MR) is 85.2 cm³/mol. The maximum atomic E-state index is 12.6. The van der Waals surface area contributed by atoms with Gasteiger partial charge in [-0.2, -0.15) is 0 Å². The lowest BCUT2D eigenvalue weighted by molar-refractivity contribution is -0.173. The molecule has 0 aliphatic rings. The van der Waals surface area contributed by atoms with Crippen molar-refractivity contribution in [3.8, 4) is 0 Å². The summed E-state index contributed by atoms with van der Waals surface area (Å²) in [4.78, 5) is 25.2.